The number of hydrogen-bond acceptors (Lipinski definition) is 7. The van der Waals surface area contributed by atoms with Gasteiger partial charge in [-0.1, -0.05) is 42.0 Å². The molecular formula is C28H29NO8. The molecule has 0 radical (unpaired) electrons. The first-order valence-electron chi connectivity index (χ1n) is 11.7. The number of amides is 1. The molecule has 0 bridgehead atoms. The molecule has 2 N–H and O–H groups in total. The van der Waals surface area contributed by atoms with Crippen LogP contribution in [0.1, 0.15) is 52.4 Å². The number of methoxy groups -OCH3 is 1. The molecule has 0 saturated carbocycles. The fourth-order valence-corrected chi connectivity index (χ4v) is 3.93. The number of nitrogens with one attached hydrogen (secondary N) is 1. The Morgan fingerprint density at radius 2 is 1.84 bits per heavy atom. The molecule has 0 spiro atoms. The summed E-state index contributed by atoms with van der Waals surface area (Å²) in [5.74, 6) is -2.43. The van der Waals surface area contributed by atoms with Crippen LogP contribution in [0.25, 0.3) is 0 Å². The van der Waals surface area contributed by atoms with Crippen molar-refractivity contribution >= 4 is 23.8 Å². The van der Waals surface area contributed by atoms with Crippen LogP contribution in [0, 0.1) is 6.92 Å². The average molecular weight is 508 g/mol. The Kier molecular flexibility index (Phi) is 9.21. The lowest BCUT2D eigenvalue weighted by Gasteiger charge is -2.18. The zero-order valence-electron chi connectivity index (χ0n) is 21.0. The molecule has 0 aromatic heterocycles. The second kappa shape index (κ2) is 12.5. The second-order valence-electron chi connectivity index (χ2n) is 8.50. The zero-order valence-corrected chi connectivity index (χ0v) is 21.0. The van der Waals surface area contributed by atoms with Gasteiger partial charge in [0.05, 0.1) is 7.11 Å². The van der Waals surface area contributed by atoms with E-state index in [2.05, 4.69) is 5.32 Å². The highest BCUT2D eigenvalue weighted by Gasteiger charge is 2.33. The van der Waals surface area contributed by atoms with Gasteiger partial charge in [-0.05, 0) is 37.8 Å². The Labute approximate surface area is 214 Å². The molecule has 1 heterocycles. The van der Waals surface area contributed by atoms with Gasteiger partial charge in [-0.3, -0.25) is 9.59 Å². The van der Waals surface area contributed by atoms with Crippen LogP contribution < -0.4 is 14.8 Å². The lowest BCUT2D eigenvalue weighted by Crippen LogP contribution is -2.21. The minimum Gasteiger partial charge on any atom is -0.496 e. The Morgan fingerprint density at radius 1 is 1.11 bits per heavy atom. The van der Waals surface area contributed by atoms with Gasteiger partial charge < -0.3 is 24.6 Å². The van der Waals surface area contributed by atoms with E-state index >= 15 is 0 Å². The lowest BCUT2D eigenvalue weighted by molar-refractivity contribution is -0.137. The summed E-state index contributed by atoms with van der Waals surface area (Å²) in [6, 6.07) is 9.31. The van der Waals surface area contributed by atoms with Crippen LogP contribution in [0.4, 0.5) is 0 Å². The molecule has 0 aliphatic carbocycles. The summed E-state index contributed by atoms with van der Waals surface area (Å²) < 4.78 is 16.4. The summed E-state index contributed by atoms with van der Waals surface area (Å²) >= 11 is 0. The molecule has 1 amide bonds. The number of ether oxygens (including phenoxy) is 3. The van der Waals surface area contributed by atoms with Crippen molar-refractivity contribution in [3.05, 3.63) is 82.0 Å². The van der Waals surface area contributed by atoms with Gasteiger partial charge in [-0.15, -0.1) is 0 Å². The molecule has 9 heteroatoms. The zero-order chi connectivity index (χ0) is 26.9. The van der Waals surface area contributed by atoms with E-state index in [9.17, 15) is 19.2 Å². The fourth-order valence-electron chi connectivity index (χ4n) is 3.93. The van der Waals surface area contributed by atoms with Crippen LogP contribution in [0.5, 0.6) is 11.5 Å². The molecule has 0 saturated heterocycles. The normalized spacial score (nSPS) is 12.7. The van der Waals surface area contributed by atoms with Crippen molar-refractivity contribution < 1.29 is 38.5 Å². The number of fused-ring (bicyclic) bond motifs is 1. The van der Waals surface area contributed by atoms with Crippen molar-refractivity contribution in [2.24, 2.45) is 0 Å². The van der Waals surface area contributed by atoms with Crippen LogP contribution in [-0.2, 0) is 38.7 Å². The molecule has 1 aliphatic heterocycles. The first-order valence-corrected chi connectivity index (χ1v) is 11.7. The predicted molar refractivity (Wildman–Crippen MR) is 134 cm³/mol. The molecule has 194 valence electrons. The van der Waals surface area contributed by atoms with Crippen molar-refractivity contribution in [3.8, 4) is 11.5 Å². The molecular weight excluding hydrogens is 478 g/mol. The Morgan fingerprint density at radius 3 is 2.51 bits per heavy atom. The van der Waals surface area contributed by atoms with Crippen molar-refractivity contribution in [2.75, 3.05) is 7.11 Å². The van der Waals surface area contributed by atoms with Gasteiger partial charge in [0.2, 0.25) is 5.91 Å². The maximum absolute atomic E-state index is 12.7. The van der Waals surface area contributed by atoms with E-state index in [0.29, 0.717) is 35.4 Å². The van der Waals surface area contributed by atoms with Gasteiger partial charge in [0.15, 0.2) is 5.75 Å². The average Bonchev–Trinajstić information content (AvgIpc) is 3.27. The highest BCUT2D eigenvalue weighted by molar-refractivity contribution is 6.00. The van der Waals surface area contributed by atoms with Gasteiger partial charge in [0, 0.05) is 36.2 Å². The lowest BCUT2D eigenvalue weighted by atomic mass is 9.94. The molecule has 0 atom stereocenters. The maximum atomic E-state index is 12.7. The number of allylic oxidation sites excluding steroid dienone is 2. The fraction of sp³-hybridized carbons (Fsp3) is 0.286. The number of carbonyl (C=O) groups is 4. The Bertz CT molecular complexity index is 1260. The van der Waals surface area contributed by atoms with Crippen LogP contribution in [-0.4, -0.2) is 36.0 Å². The summed E-state index contributed by atoms with van der Waals surface area (Å²) in [6.45, 7) is 3.90. The van der Waals surface area contributed by atoms with Crippen LogP contribution in [0.3, 0.4) is 0 Å². The van der Waals surface area contributed by atoms with E-state index in [1.165, 1.54) is 7.11 Å². The van der Waals surface area contributed by atoms with Crippen molar-refractivity contribution in [1.82, 2.24) is 5.32 Å². The number of benzene rings is 2. The number of carboxylic acids is 1. The van der Waals surface area contributed by atoms with E-state index in [1.54, 1.807) is 19.9 Å². The van der Waals surface area contributed by atoms with Gasteiger partial charge >= 0.3 is 17.9 Å². The number of esters is 2. The minimum atomic E-state index is -0.907. The second-order valence-corrected chi connectivity index (χ2v) is 8.50. The summed E-state index contributed by atoms with van der Waals surface area (Å²) in [6.07, 6.45) is 4.40. The number of aliphatic carboxylic acids is 1. The number of cyclic esters (lactones) is 1. The van der Waals surface area contributed by atoms with Crippen molar-refractivity contribution in [3.63, 3.8) is 0 Å². The number of carbonyl (C=O) groups excluding carboxylic acids is 3. The van der Waals surface area contributed by atoms with E-state index in [-0.39, 0.29) is 30.8 Å². The Hall–Kier alpha value is -4.40. The summed E-state index contributed by atoms with van der Waals surface area (Å²) in [5, 5.41) is 11.6. The third kappa shape index (κ3) is 7.07. The first-order chi connectivity index (χ1) is 17.7. The number of rotatable bonds is 11. The molecule has 9 nitrogen and oxygen atoms in total. The molecule has 2 aromatic rings. The highest BCUT2D eigenvalue weighted by Crippen LogP contribution is 2.43. The first kappa shape index (κ1) is 27.2. The van der Waals surface area contributed by atoms with Crippen molar-refractivity contribution in [1.29, 1.82) is 0 Å². The molecule has 3 rings (SSSR count). The summed E-state index contributed by atoms with van der Waals surface area (Å²) in [4.78, 5) is 48.3. The van der Waals surface area contributed by atoms with E-state index < -0.39 is 23.8 Å². The third-order valence-electron chi connectivity index (χ3n) is 5.90. The van der Waals surface area contributed by atoms with Crippen LogP contribution in [0.15, 0.2) is 54.1 Å². The predicted octanol–water partition coefficient (Wildman–Crippen LogP) is 3.81. The van der Waals surface area contributed by atoms with Gasteiger partial charge in [-0.25, -0.2) is 9.59 Å². The molecule has 0 unspecified atom stereocenters. The van der Waals surface area contributed by atoms with Crippen LogP contribution in [0.2, 0.25) is 0 Å². The number of hydrogen-bond donors (Lipinski definition) is 2. The smallest absolute Gasteiger partial charge is 0.342 e. The molecule has 37 heavy (non-hydrogen) atoms. The Balaban J connectivity index is 1.84. The quantitative estimate of drug-likeness (QED) is 0.203. The standard InChI is InChI=1S/C28H29NO8/c1-17(10-13-23(31)32)9-11-20-26(35-3)18(2)21-16-36-28(34)25(21)27(20)37-24(33)14-12-22(30)29-15-19-7-5-4-6-8-19/h4-9,12,14H,10-11,13,15-16H2,1-3H3,(H,29,30)(H,31,32)/b14-12-,17-9+. The topological polar surface area (TPSA) is 128 Å². The third-order valence-corrected chi connectivity index (χ3v) is 5.90. The minimum absolute atomic E-state index is 0.00146. The van der Waals surface area contributed by atoms with E-state index in [4.69, 9.17) is 19.3 Å². The number of carboxylic acid groups (broad SMARTS) is 1. The summed E-state index contributed by atoms with van der Waals surface area (Å²) in [7, 11) is 1.47. The van der Waals surface area contributed by atoms with E-state index in [1.807, 2.05) is 30.3 Å². The molecule has 0 fully saturated rings. The van der Waals surface area contributed by atoms with Gasteiger partial charge in [-0.2, -0.15) is 0 Å². The van der Waals surface area contributed by atoms with Crippen molar-refractivity contribution in [2.45, 2.75) is 46.3 Å². The monoisotopic (exact) mass is 507 g/mol. The van der Waals surface area contributed by atoms with Gasteiger partial charge in [0.25, 0.3) is 0 Å². The van der Waals surface area contributed by atoms with Crippen LogP contribution >= 0.6 is 0 Å². The molecule has 2 aromatic carbocycles. The maximum Gasteiger partial charge on any atom is 0.342 e. The SMILES string of the molecule is COc1c(C)c2c(c(OC(=O)/C=C\C(=O)NCc3ccccc3)c1C/C=C(\C)CCC(=O)O)C(=O)OC2. The molecule has 1 aliphatic rings. The van der Waals surface area contributed by atoms with Gasteiger partial charge in [0.1, 0.15) is 17.9 Å². The highest BCUT2D eigenvalue weighted by atomic mass is 16.6. The van der Waals surface area contributed by atoms with E-state index in [0.717, 1.165) is 23.3 Å². The largest absolute Gasteiger partial charge is 0.496 e. The summed E-state index contributed by atoms with van der Waals surface area (Å²) in [5.41, 5.74) is 3.55.